The van der Waals surface area contributed by atoms with Crippen LogP contribution in [0, 0.1) is 11.8 Å². The number of rotatable bonds is 1. The number of hydrogen-bond acceptors (Lipinski definition) is 3. The largest absolute Gasteiger partial charge is 0.319 e. The van der Waals surface area contributed by atoms with E-state index in [-0.39, 0.29) is 0 Å². The van der Waals surface area contributed by atoms with Crippen LogP contribution in [0.15, 0.2) is 6.33 Å². The normalized spacial score (nSPS) is 36.2. The topological polar surface area (TPSA) is 42.7 Å². The van der Waals surface area contributed by atoms with Crippen molar-refractivity contribution >= 4 is 0 Å². The highest BCUT2D eigenvalue weighted by molar-refractivity contribution is 5.05. The minimum absolute atomic E-state index is 0.454. The maximum Gasteiger partial charge on any atom is 0.150 e. The average Bonchev–Trinajstić information content (AvgIpc) is 2.78. The van der Waals surface area contributed by atoms with E-state index in [0.29, 0.717) is 6.04 Å². The highest BCUT2D eigenvalue weighted by Crippen LogP contribution is 2.43. The number of fused-ring (bicyclic) bond motifs is 1. The third-order valence-corrected chi connectivity index (χ3v) is 3.77. The maximum absolute atomic E-state index is 4.21. The predicted octanol–water partition coefficient (Wildman–Crippen LogP) is 0.876. The molecule has 0 bridgehead atoms. The molecule has 14 heavy (non-hydrogen) atoms. The van der Waals surface area contributed by atoms with E-state index in [1.165, 1.54) is 25.8 Å². The first-order valence-corrected chi connectivity index (χ1v) is 5.43. The smallest absolute Gasteiger partial charge is 0.150 e. The lowest BCUT2D eigenvalue weighted by molar-refractivity contribution is 0.400. The second-order valence-electron chi connectivity index (χ2n) is 4.54. The van der Waals surface area contributed by atoms with Gasteiger partial charge in [-0.25, -0.2) is 0 Å². The van der Waals surface area contributed by atoms with Crippen molar-refractivity contribution in [1.29, 1.82) is 0 Å². The van der Waals surface area contributed by atoms with Gasteiger partial charge in [-0.3, -0.25) is 0 Å². The minimum Gasteiger partial charge on any atom is -0.319 e. The lowest BCUT2D eigenvalue weighted by Gasteiger charge is -2.16. The van der Waals surface area contributed by atoms with Crippen molar-refractivity contribution in [3.05, 3.63) is 12.2 Å². The Morgan fingerprint density at radius 2 is 2.43 bits per heavy atom. The Balaban J connectivity index is 1.89. The number of hydrogen-bond donors (Lipinski definition) is 1. The monoisotopic (exact) mass is 192 g/mol. The number of nitrogens with one attached hydrogen (secondary N) is 1. The number of aryl methyl sites for hydroxylation is 1. The van der Waals surface area contributed by atoms with Crippen LogP contribution in [0.5, 0.6) is 0 Å². The molecule has 2 fully saturated rings. The van der Waals surface area contributed by atoms with Gasteiger partial charge in [-0.05, 0) is 31.2 Å². The van der Waals surface area contributed by atoms with E-state index in [2.05, 4.69) is 15.5 Å². The summed E-state index contributed by atoms with van der Waals surface area (Å²) in [5.41, 5.74) is 0. The minimum atomic E-state index is 0.454. The third kappa shape index (κ3) is 1.10. The van der Waals surface area contributed by atoms with Gasteiger partial charge in [0.1, 0.15) is 12.2 Å². The number of aromatic nitrogens is 3. The van der Waals surface area contributed by atoms with Crippen LogP contribution in [0.1, 0.15) is 31.1 Å². The Bertz CT molecular complexity index is 333. The molecular weight excluding hydrogens is 176 g/mol. The van der Waals surface area contributed by atoms with Crippen molar-refractivity contribution in [3.63, 3.8) is 0 Å². The molecule has 1 aliphatic carbocycles. The molecule has 0 spiro atoms. The average molecular weight is 192 g/mol. The first kappa shape index (κ1) is 8.41. The van der Waals surface area contributed by atoms with Crippen LogP contribution in [0.3, 0.4) is 0 Å². The second kappa shape index (κ2) is 3.05. The zero-order valence-electron chi connectivity index (χ0n) is 8.48. The summed E-state index contributed by atoms with van der Waals surface area (Å²) < 4.78 is 2.04. The Hall–Kier alpha value is -0.900. The molecule has 3 unspecified atom stereocenters. The van der Waals surface area contributed by atoms with Crippen molar-refractivity contribution in [2.75, 3.05) is 6.54 Å². The van der Waals surface area contributed by atoms with Crippen molar-refractivity contribution in [1.82, 2.24) is 20.1 Å². The Labute approximate surface area is 83.7 Å². The molecule has 1 saturated heterocycles. The molecule has 1 aromatic heterocycles. The fraction of sp³-hybridized carbons (Fsp3) is 0.800. The predicted molar refractivity (Wildman–Crippen MR) is 52.6 cm³/mol. The molecule has 1 saturated carbocycles. The Morgan fingerprint density at radius 3 is 3.21 bits per heavy atom. The molecule has 0 aromatic carbocycles. The molecule has 0 radical (unpaired) electrons. The first-order chi connectivity index (χ1) is 6.86. The molecular formula is C10H16N4. The van der Waals surface area contributed by atoms with Crippen LogP contribution < -0.4 is 5.32 Å². The molecule has 4 heteroatoms. The highest BCUT2D eigenvalue weighted by Gasteiger charge is 2.41. The van der Waals surface area contributed by atoms with Crippen LogP contribution in [-0.4, -0.2) is 21.3 Å². The third-order valence-electron chi connectivity index (χ3n) is 3.77. The van der Waals surface area contributed by atoms with Gasteiger partial charge in [0, 0.05) is 7.05 Å². The summed E-state index contributed by atoms with van der Waals surface area (Å²) >= 11 is 0. The van der Waals surface area contributed by atoms with Gasteiger partial charge in [-0.15, -0.1) is 10.2 Å². The zero-order chi connectivity index (χ0) is 9.54. The van der Waals surface area contributed by atoms with Gasteiger partial charge in [-0.2, -0.15) is 0 Å². The quantitative estimate of drug-likeness (QED) is 0.718. The van der Waals surface area contributed by atoms with Crippen molar-refractivity contribution in [2.24, 2.45) is 18.9 Å². The molecule has 3 atom stereocenters. The van der Waals surface area contributed by atoms with Crippen LogP contribution in [0.25, 0.3) is 0 Å². The molecule has 0 amide bonds. The van der Waals surface area contributed by atoms with Crippen molar-refractivity contribution in [2.45, 2.75) is 25.3 Å². The molecule has 1 aliphatic heterocycles. The zero-order valence-corrected chi connectivity index (χ0v) is 8.48. The molecule has 76 valence electrons. The van der Waals surface area contributed by atoms with E-state index in [4.69, 9.17) is 0 Å². The van der Waals surface area contributed by atoms with Gasteiger partial charge in [0.15, 0.2) is 0 Å². The summed E-state index contributed by atoms with van der Waals surface area (Å²) in [5.74, 6) is 2.80. The molecule has 1 N–H and O–H groups in total. The van der Waals surface area contributed by atoms with Crippen LogP contribution >= 0.6 is 0 Å². The fourth-order valence-electron chi connectivity index (χ4n) is 3.04. The first-order valence-electron chi connectivity index (χ1n) is 5.43. The lowest BCUT2D eigenvalue weighted by Crippen LogP contribution is -2.21. The summed E-state index contributed by atoms with van der Waals surface area (Å²) in [7, 11) is 2.03. The molecule has 2 heterocycles. The van der Waals surface area contributed by atoms with Gasteiger partial charge < -0.3 is 9.88 Å². The molecule has 3 rings (SSSR count). The standard InChI is InChI=1S/C10H16N4/c1-14-6-12-13-10(14)9-8-4-2-3-7(8)5-11-9/h6-9,11H,2-5H2,1H3. The molecule has 2 aliphatic rings. The highest BCUT2D eigenvalue weighted by atomic mass is 15.3. The summed E-state index contributed by atoms with van der Waals surface area (Å²) in [6.45, 7) is 1.17. The molecule has 4 nitrogen and oxygen atoms in total. The van der Waals surface area contributed by atoms with E-state index in [0.717, 1.165) is 17.7 Å². The van der Waals surface area contributed by atoms with Gasteiger partial charge in [0.25, 0.3) is 0 Å². The van der Waals surface area contributed by atoms with Gasteiger partial charge >= 0.3 is 0 Å². The van der Waals surface area contributed by atoms with Gasteiger partial charge in [-0.1, -0.05) is 6.42 Å². The van der Waals surface area contributed by atoms with E-state index < -0.39 is 0 Å². The van der Waals surface area contributed by atoms with Crippen molar-refractivity contribution in [3.8, 4) is 0 Å². The summed E-state index contributed by atoms with van der Waals surface area (Å²) in [6.07, 6.45) is 5.94. The molecule has 1 aromatic rings. The summed E-state index contributed by atoms with van der Waals surface area (Å²) in [5, 5.41) is 11.7. The lowest BCUT2D eigenvalue weighted by atomic mass is 9.94. The van der Waals surface area contributed by atoms with E-state index in [9.17, 15) is 0 Å². The summed E-state index contributed by atoms with van der Waals surface area (Å²) in [6, 6.07) is 0.454. The maximum atomic E-state index is 4.21. The van der Waals surface area contributed by atoms with Crippen LogP contribution in [0.2, 0.25) is 0 Å². The van der Waals surface area contributed by atoms with Gasteiger partial charge in [0.2, 0.25) is 0 Å². The summed E-state index contributed by atoms with van der Waals surface area (Å²) in [4.78, 5) is 0. The van der Waals surface area contributed by atoms with E-state index in [1.807, 2.05) is 11.6 Å². The van der Waals surface area contributed by atoms with E-state index in [1.54, 1.807) is 6.33 Å². The number of nitrogens with zero attached hydrogens (tertiary/aromatic N) is 3. The second-order valence-corrected chi connectivity index (χ2v) is 4.54. The van der Waals surface area contributed by atoms with Crippen LogP contribution in [-0.2, 0) is 7.05 Å². The fourth-order valence-corrected chi connectivity index (χ4v) is 3.04. The Morgan fingerprint density at radius 1 is 1.50 bits per heavy atom. The van der Waals surface area contributed by atoms with E-state index >= 15 is 0 Å². The van der Waals surface area contributed by atoms with Crippen molar-refractivity contribution < 1.29 is 0 Å². The SMILES string of the molecule is Cn1cnnc1C1NCC2CCCC21. The van der Waals surface area contributed by atoms with Crippen LogP contribution in [0.4, 0.5) is 0 Å². The van der Waals surface area contributed by atoms with Gasteiger partial charge in [0.05, 0.1) is 6.04 Å². The Kier molecular flexibility index (Phi) is 1.83.